The number of piperazine rings is 1. The number of aromatic nitrogens is 1. The van der Waals surface area contributed by atoms with Crippen molar-refractivity contribution < 1.29 is 9.59 Å². The van der Waals surface area contributed by atoms with Gasteiger partial charge in [-0.1, -0.05) is 20.3 Å². The van der Waals surface area contributed by atoms with Crippen LogP contribution in [-0.4, -0.2) is 28.9 Å². The van der Waals surface area contributed by atoms with E-state index in [0.29, 0.717) is 5.69 Å². The molecule has 1 aromatic rings. The van der Waals surface area contributed by atoms with Gasteiger partial charge in [-0.15, -0.1) is 0 Å². The Hall–Kier alpha value is -1.91. The normalized spacial score (nSPS) is 24.5. The van der Waals surface area contributed by atoms with Crippen LogP contribution in [0.3, 0.4) is 0 Å². The molecule has 1 N–H and O–H groups in total. The molecule has 0 radical (unpaired) electrons. The maximum Gasteiger partial charge on any atom is 0.250 e. The highest BCUT2D eigenvalue weighted by Crippen LogP contribution is 2.26. The topological polar surface area (TPSA) is 62.3 Å². The first-order valence-corrected chi connectivity index (χ1v) is 7.01. The number of amides is 2. The van der Waals surface area contributed by atoms with Crippen LogP contribution in [0.4, 0.5) is 5.69 Å². The third kappa shape index (κ3) is 2.40. The molecule has 5 heteroatoms. The summed E-state index contributed by atoms with van der Waals surface area (Å²) in [4.78, 5) is 30.5. The Morgan fingerprint density at radius 3 is 2.75 bits per heavy atom. The quantitative estimate of drug-likeness (QED) is 0.912. The van der Waals surface area contributed by atoms with Crippen LogP contribution in [0.5, 0.6) is 0 Å². The van der Waals surface area contributed by atoms with Crippen molar-refractivity contribution in [2.45, 2.75) is 46.2 Å². The van der Waals surface area contributed by atoms with Gasteiger partial charge in [-0.25, -0.2) is 0 Å². The van der Waals surface area contributed by atoms with Crippen molar-refractivity contribution in [3.8, 4) is 0 Å². The number of pyridine rings is 1. The number of anilines is 1. The van der Waals surface area contributed by atoms with Crippen molar-refractivity contribution >= 4 is 17.5 Å². The maximum atomic E-state index is 12.7. The van der Waals surface area contributed by atoms with Crippen LogP contribution >= 0.6 is 0 Å². The summed E-state index contributed by atoms with van der Waals surface area (Å²) in [5.41, 5.74) is 1.66. The van der Waals surface area contributed by atoms with Gasteiger partial charge in [-0.3, -0.25) is 19.5 Å². The molecule has 1 fully saturated rings. The molecule has 3 atom stereocenters. The maximum absolute atomic E-state index is 12.7. The molecule has 1 aliphatic rings. The first-order valence-electron chi connectivity index (χ1n) is 7.01. The smallest absolute Gasteiger partial charge is 0.250 e. The molecule has 0 spiro atoms. The lowest BCUT2D eigenvalue weighted by Gasteiger charge is -2.39. The largest absolute Gasteiger partial charge is 0.342 e. The van der Waals surface area contributed by atoms with Crippen molar-refractivity contribution in [3.05, 3.63) is 24.0 Å². The van der Waals surface area contributed by atoms with Gasteiger partial charge in [0.15, 0.2) is 0 Å². The summed E-state index contributed by atoms with van der Waals surface area (Å²) >= 11 is 0. The van der Waals surface area contributed by atoms with Gasteiger partial charge in [-0.05, 0) is 31.4 Å². The van der Waals surface area contributed by atoms with E-state index in [4.69, 9.17) is 0 Å². The van der Waals surface area contributed by atoms with Crippen molar-refractivity contribution in [2.24, 2.45) is 5.92 Å². The van der Waals surface area contributed by atoms with E-state index >= 15 is 0 Å². The molecule has 2 rings (SSSR count). The Bertz CT molecular complexity index is 530. The highest BCUT2D eigenvalue weighted by Gasteiger charge is 2.41. The average Bonchev–Trinajstić information content (AvgIpc) is 2.44. The summed E-state index contributed by atoms with van der Waals surface area (Å²) in [6, 6.07) is 0.883. The molecule has 0 aliphatic carbocycles. The summed E-state index contributed by atoms with van der Waals surface area (Å²) in [6.07, 6.45) is 4.17. The highest BCUT2D eigenvalue weighted by atomic mass is 16.2. The van der Waals surface area contributed by atoms with Gasteiger partial charge in [0.05, 0.1) is 11.9 Å². The number of hydrogen-bond donors (Lipinski definition) is 1. The van der Waals surface area contributed by atoms with E-state index in [1.54, 1.807) is 24.2 Å². The first-order chi connectivity index (χ1) is 9.47. The van der Waals surface area contributed by atoms with Gasteiger partial charge in [-0.2, -0.15) is 0 Å². The van der Waals surface area contributed by atoms with E-state index in [1.807, 2.05) is 26.8 Å². The second kappa shape index (κ2) is 5.61. The van der Waals surface area contributed by atoms with Crippen LogP contribution in [-0.2, 0) is 9.59 Å². The zero-order chi connectivity index (χ0) is 14.9. The summed E-state index contributed by atoms with van der Waals surface area (Å²) < 4.78 is 0. The fourth-order valence-corrected chi connectivity index (χ4v) is 2.45. The summed E-state index contributed by atoms with van der Waals surface area (Å²) in [5, 5.41) is 2.84. The summed E-state index contributed by atoms with van der Waals surface area (Å²) in [7, 11) is 0. The number of carbonyl (C=O) groups is 2. The Labute approximate surface area is 119 Å². The van der Waals surface area contributed by atoms with E-state index in [1.165, 1.54) is 0 Å². The van der Waals surface area contributed by atoms with Gasteiger partial charge in [0.2, 0.25) is 5.91 Å². The lowest BCUT2D eigenvalue weighted by Crippen LogP contribution is -2.64. The fourth-order valence-electron chi connectivity index (χ4n) is 2.45. The monoisotopic (exact) mass is 275 g/mol. The van der Waals surface area contributed by atoms with E-state index in [0.717, 1.165) is 12.0 Å². The van der Waals surface area contributed by atoms with E-state index in [2.05, 4.69) is 10.3 Å². The molecule has 0 aromatic carbocycles. The van der Waals surface area contributed by atoms with Crippen LogP contribution < -0.4 is 10.2 Å². The molecule has 1 aliphatic heterocycles. The predicted molar refractivity (Wildman–Crippen MR) is 77.3 cm³/mol. The standard InChI is InChI=1S/C15H21N3O2/c1-5-9(2)13-15(20)18(11(4)14(19)17-13)12-8-16-7-6-10(12)3/h6-9,11,13H,5H2,1-4H3,(H,17,19). The van der Waals surface area contributed by atoms with Crippen LogP contribution in [0.1, 0.15) is 32.8 Å². The van der Waals surface area contributed by atoms with Crippen LogP contribution in [0.2, 0.25) is 0 Å². The molecule has 3 unspecified atom stereocenters. The average molecular weight is 275 g/mol. The molecule has 0 bridgehead atoms. The summed E-state index contributed by atoms with van der Waals surface area (Å²) in [6.45, 7) is 7.66. The van der Waals surface area contributed by atoms with E-state index < -0.39 is 12.1 Å². The molecule has 0 saturated carbocycles. The Kier molecular flexibility index (Phi) is 4.06. The van der Waals surface area contributed by atoms with Crippen LogP contribution in [0.25, 0.3) is 0 Å². The predicted octanol–water partition coefficient (Wildman–Crippen LogP) is 1.66. The number of aryl methyl sites for hydroxylation is 1. The van der Waals surface area contributed by atoms with Crippen molar-refractivity contribution in [1.29, 1.82) is 0 Å². The lowest BCUT2D eigenvalue weighted by atomic mass is 9.94. The number of nitrogens with zero attached hydrogens (tertiary/aromatic N) is 2. The van der Waals surface area contributed by atoms with Gasteiger partial charge in [0.1, 0.15) is 12.1 Å². The van der Waals surface area contributed by atoms with Crippen molar-refractivity contribution in [1.82, 2.24) is 10.3 Å². The second-order valence-electron chi connectivity index (χ2n) is 5.42. The zero-order valence-electron chi connectivity index (χ0n) is 12.4. The third-order valence-corrected chi connectivity index (χ3v) is 4.05. The number of nitrogens with one attached hydrogen (secondary N) is 1. The molecule has 5 nitrogen and oxygen atoms in total. The Balaban J connectivity index is 2.41. The highest BCUT2D eigenvalue weighted by molar-refractivity contribution is 6.08. The third-order valence-electron chi connectivity index (χ3n) is 4.05. The number of rotatable bonds is 3. The molecule has 1 aromatic heterocycles. The Morgan fingerprint density at radius 1 is 1.45 bits per heavy atom. The lowest BCUT2D eigenvalue weighted by molar-refractivity contribution is -0.134. The molecule has 2 heterocycles. The number of hydrogen-bond acceptors (Lipinski definition) is 3. The van der Waals surface area contributed by atoms with Gasteiger partial charge < -0.3 is 5.32 Å². The summed E-state index contributed by atoms with van der Waals surface area (Å²) in [5.74, 6) is -0.0564. The molecule has 2 amide bonds. The second-order valence-corrected chi connectivity index (χ2v) is 5.42. The van der Waals surface area contributed by atoms with E-state index in [-0.39, 0.29) is 17.7 Å². The van der Waals surface area contributed by atoms with Gasteiger partial charge >= 0.3 is 0 Å². The zero-order valence-corrected chi connectivity index (χ0v) is 12.4. The Morgan fingerprint density at radius 2 is 2.15 bits per heavy atom. The van der Waals surface area contributed by atoms with Crippen molar-refractivity contribution in [3.63, 3.8) is 0 Å². The van der Waals surface area contributed by atoms with Gasteiger partial charge in [0, 0.05) is 6.20 Å². The SMILES string of the molecule is CCC(C)C1NC(=O)C(C)N(c2cnccc2C)C1=O. The van der Waals surface area contributed by atoms with Crippen molar-refractivity contribution in [2.75, 3.05) is 4.90 Å². The van der Waals surface area contributed by atoms with Crippen LogP contribution in [0, 0.1) is 12.8 Å². The molecule has 20 heavy (non-hydrogen) atoms. The molecule has 1 saturated heterocycles. The van der Waals surface area contributed by atoms with Gasteiger partial charge in [0.25, 0.3) is 5.91 Å². The minimum Gasteiger partial charge on any atom is -0.342 e. The number of carbonyl (C=O) groups excluding carboxylic acids is 2. The first kappa shape index (κ1) is 14.5. The minimum absolute atomic E-state index is 0.0532. The van der Waals surface area contributed by atoms with Crippen LogP contribution in [0.15, 0.2) is 18.5 Å². The molecular formula is C15H21N3O2. The minimum atomic E-state index is -0.509. The molecule has 108 valence electrons. The molecular weight excluding hydrogens is 254 g/mol. The van der Waals surface area contributed by atoms with E-state index in [9.17, 15) is 9.59 Å². The fraction of sp³-hybridized carbons (Fsp3) is 0.533.